The van der Waals surface area contributed by atoms with Crippen LogP contribution in [0.5, 0.6) is 0 Å². The fraction of sp³-hybridized carbons (Fsp3) is 0.417. The van der Waals surface area contributed by atoms with E-state index in [0.29, 0.717) is 5.69 Å². The van der Waals surface area contributed by atoms with E-state index < -0.39 is 15.3 Å². The lowest BCUT2D eigenvalue weighted by Gasteiger charge is -2.21. The first kappa shape index (κ1) is 12.9. The van der Waals surface area contributed by atoms with Gasteiger partial charge < -0.3 is 5.32 Å². The molecule has 2 rings (SSSR count). The summed E-state index contributed by atoms with van der Waals surface area (Å²) in [4.78, 5) is 0. The molecule has 0 saturated heterocycles. The largest absolute Gasteiger partial charge is 0.312 e. The van der Waals surface area contributed by atoms with Gasteiger partial charge in [-0.2, -0.15) is 5.26 Å². The van der Waals surface area contributed by atoms with Crippen LogP contribution in [0.25, 0.3) is 0 Å². The molecule has 1 atom stereocenters. The summed E-state index contributed by atoms with van der Waals surface area (Å²) < 4.78 is 26.3. The Balaban J connectivity index is 2.34. The molecule has 0 bridgehead atoms. The maximum atomic E-state index is 11.9. The minimum Gasteiger partial charge on any atom is -0.312 e. The zero-order valence-electron chi connectivity index (χ0n) is 10.1. The summed E-state index contributed by atoms with van der Waals surface area (Å²) in [7, 11) is -3.63. The van der Waals surface area contributed by atoms with Crippen molar-refractivity contribution in [2.45, 2.75) is 25.1 Å². The number of benzene rings is 1. The minimum absolute atomic E-state index is 0.594. The molecular weight excluding hydrogens is 250 g/mol. The van der Waals surface area contributed by atoms with E-state index in [-0.39, 0.29) is 0 Å². The Morgan fingerprint density at radius 1 is 1.50 bits per heavy atom. The zero-order chi connectivity index (χ0) is 13.2. The van der Waals surface area contributed by atoms with Crippen molar-refractivity contribution in [1.82, 2.24) is 5.32 Å². The van der Waals surface area contributed by atoms with Gasteiger partial charge in [0.15, 0.2) is 5.25 Å². The normalized spacial score (nSPS) is 16.4. The van der Waals surface area contributed by atoms with E-state index in [9.17, 15) is 8.42 Å². The Morgan fingerprint density at radius 3 is 3.00 bits per heavy atom. The van der Waals surface area contributed by atoms with Crippen LogP contribution in [-0.4, -0.2) is 20.2 Å². The first-order chi connectivity index (χ1) is 8.54. The summed E-state index contributed by atoms with van der Waals surface area (Å²) in [6.07, 6.45) is 0.787. The van der Waals surface area contributed by atoms with Crippen molar-refractivity contribution in [2.24, 2.45) is 0 Å². The molecule has 1 heterocycles. The molecule has 18 heavy (non-hydrogen) atoms. The third-order valence-corrected chi connectivity index (χ3v) is 4.58. The number of fused-ring (bicyclic) bond motifs is 1. The molecule has 0 saturated carbocycles. The highest BCUT2D eigenvalue weighted by Gasteiger charge is 2.22. The van der Waals surface area contributed by atoms with E-state index in [1.807, 2.05) is 12.1 Å². The van der Waals surface area contributed by atoms with Crippen LogP contribution in [0.4, 0.5) is 5.69 Å². The highest BCUT2D eigenvalue weighted by Crippen LogP contribution is 2.24. The maximum Gasteiger partial charge on any atom is 0.248 e. The predicted octanol–water partition coefficient (Wildman–Crippen LogP) is 0.986. The quantitative estimate of drug-likeness (QED) is 0.853. The summed E-state index contributed by atoms with van der Waals surface area (Å²) in [6.45, 7) is 2.96. The Hall–Kier alpha value is -1.58. The van der Waals surface area contributed by atoms with Gasteiger partial charge in [0.1, 0.15) is 0 Å². The van der Waals surface area contributed by atoms with Crippen molar-refractivity contribution in [3.63, 3.8) is 0 Å². The number of anilines is 1. The molecule has 1 aromatic rings. The van der Waals surface area contributed by atoms with Crippen molar-refractivity contribution < 1.29 is 8.42 Å². The van der Waals surface area contributed by atoms with E-state index >= 15 is 0 Å². The van der Waals surface area contributed by atoms with Gasteiger partial charge >= 0.3 is 0 Å². The van der Waals surface area contributed by atoms with Crippen LogP contribution >= 0.6 is 0 Å². The van der Waals surface area contributed by atoms with Gasteiger partial charge in [0.2, 0.25) is 10.0 Å². The van der Waals surface area contributed by atoms with Crippen LogP contribution in [0.3, 0.4) is 0 Å². The van der Waals surface area contributed by atoms with Crippen LogP contribution in [0.15, 0.2) is 18.2 Å². The monoisotopic (exact) mass is 265 g/mol. The Bertz CT molecular complexity index is 590. The van der Waals surface area contributed by atoms with Crippen molar-refractivity contribution in [1.29, 1.82) is 5.26 Å². The molecule has 0 fully saturated rings. The number of nitrogens with zero attached hydrogens (tertiary/aromatic N) is 1. The fourth-order valence-electron chi connectivity index (χ4n) is 1.94. The summed E-state index contributed by atoms with van der Waals surface area (Å²) >= 11 is 0. The number of sulfonamides is 1. The van der Waals surface area contributed by atoms with E-state index in [1.165, 1.54) is 6.92 Å². The topological polar surface area (TPSA) is 82.0 Å². The molecule has 96 valence electrons. The van der Waals surface area contributed by atoms with Crippen LogP contribution in [0, 0.1) is 11.3 Å². The Labute approximate surface area is 107 Å². The second kappa shape index (κ2) is 4.96. The van der Waals surface area contributed by atoms with Gasteiger partial charge in [0.05, 0.1) is 11.8 Å². The van der Waals surface area contributed by atoms with Crippen LogP contribution in [0.1, 0.15) is 18.1 Å². The standard InChI is InChI=1S/C12H15N3O2S/c1-9(7-13)18(16,17)15-12-4-2-3-10-8-14-6-5-11(10)12/h2-4,9,14-15H,5-6,8H2,1H3. The summed E-state index contributed by atoms with van der Waals surface area (Å²) in [5, 5.41) is 10.9. The smallest absolute Gasteiger partial charge is 0.248 e. The lowest BCUT2D eigenvalue weighted by Crippen LogP contribution is -2.28. The second-order valence-electron chi connectivity index (χ2n) is 4.29. The number of nitrogens with one attached hydrogen (secondary N) is 2. The number of nitriles is 1. The first-order valence-electron chi connectivity index (χ1n) is 5.77. The number of rotatable bonds is 3. The van der Waals surface area contributed by atoms with E-state index in [2.05, 4.69) is 10.0 Å². The van der Waals surface area contributed by atoms with E-state index in [1.54, 1.807) is 12.1 Å². The predicted molar refractivity (Wildman–Crippen MR) is 69.5 cm³/mol. The number of hydrogen-bond donors (Lipinski definition) is 2. The van der Waals surface area contributed by atoms with Gasteiger partial charge in [-0.15, -0.1) is 0 Å². The van der Waals surface area contributed by atoms with Crippen molar-refractivity contribution in [3.05, 3.63) is 29.3 Å². The van der Waals surface area contributed by atoms with Crippen LogP contribution < -0.4 is 10.0 Å². The zero-order valence-corrected chi connectivity index (χ0v) is 10.9. The third-order valence-electron chi connectivity index (χ3n) is 3.04. The SMILES string of the molecule is CC(C#N)S(=O)(=O)Nc1cccc2c1CCNC2. The summed E-state index contributed by atoms with van der Waals surface area (Å²) in [5.74, 6) is 0. The van der Waals surface area contributed by atoms with Gasteiger partial charge in [-0.25, -0.2) is 8.42 Å². The molecule has 0 aliphatic carbocycles. The highest BCUT2D eigenvalue weighted by atomic mass is 32.2. The lowest BCUT2D eigenvalue weighted by molar-refractivity contribution is 0.596. The molecule has 1 aliphatic rings. The van der Waals surface area contributed by atoms with Gasteiger partial charge in [-0.05, 0) is 37.1 Å². The Morgan fingerprint density at radius 2 is 2.28 bits per heavy atom. The fourth-order valence-corrected chi connectivity index (χ4v) is 2.75. The molecule has 1 aliphatic heterocycles. The molecule has 1 aromatic carbocycles. The molecule has 6 heteroatoms. The first-order valence-corrected chi connectivity index (χ1v) is 7.32. The summed E-state index contributed by atoms with van der Waals surface area (Å²) in [6, 6.07) is 7.28. The molecule has 1 unspecified atom stereocenters. The maximum absolute atomic E-state index is 11.9. The van der Waals surface area contributed by atoms with Gasteiger partial charge in [0.25, 0.3) is 0 Å². The second-order valence-corrected chi connectivity index (χ2v) is 6.29. The highest BCUT2D eigenvalue weighted by molar-refractivity contribution is 7.93. The van der Waals surface area contributed by atoms with Gasteiger partial charge in [-0.3, -0.25) is 4.72 Å². The number of hydrogen-bond acceptors (Lipinski definition) is 4. The third kappa shape index (κ3) is 2.47. The average molecular weight is 265 g/mol. The molecule has 0 radical (unpaired) electrons. The molecule has 0 aromatic heterocycles. The average Bonchev–Trinajstić information content (AvgIpc) is 2.38. The summed E-state index contributed by atoms with van der Waals surface area (Å²) in [5.41, 5.74) is 2.71. The molecule has 5 nitrogen and oxygen atoms in total. The van der Waals surface area contributed by atoms with Crippen molar-refractivity contribution in [3.8, 4) is 6.07 Å². The van der Waals surface area contributed by atoms with Gasteiger partial charge in [-0.1, -0.05) is 12.1 Å². The molecule has 2 N–H and O–H groups in total. The van der Waals surface area contributed by atoms with Crippen LogP contribution in [0.2, 0.25) is 0 Å². The lowest BCUT2D eigenvalue weighted by atomic mass is 9.99. The van der Waals surface area contributed by atoms with Crippen LogP contribution in [-0.2, 0) is 23.0 Å². The van der Waals surface area contributed by atoms with Crippen molar-refractivity contribution in [2.75, 3.05) is 11.3 Å². The van der Waals surface area contributed by atoms with Gasteiger partial charge in [0, 0.05) is 6.54 Å². The van der Waals surface area contributed by atoms with E-state index in [4.69, 9.17) is 5.26 Å². The molecule has 0 spiro atoms. The Kier molecular flexibility index (Phi) is 3.55. The minimum atomic E-state index is -3.63. The van der Waals surface area contributed by atoms with E-state index in [0.717, 1.165) is 30.6 Å². The molecule has 0 amide bonds. The molecular formula is C12H15N3O2S. The van der Waals surface area contributed by atoms with Crippen molar-refractivity contribution >= 4 is 15.7 Å².